The van der Waals surface area contributed by atoms with Gasteiger partial charge in [-0.3, -0.25) is 0 Å². The zero-order valence-corrected chi connectivity index (χ0v) is 7.28. The minimum Gasteiger partial charge on any atom is -0.166 e. The third-order valence-electron chi connectivity index (χ3n) is 1.41. The van der Waals surface area contributed by atoms with Crippen LogP contribution in [0.25, 0.3) is 0 Å². The molecule has 0 radical (unpaired) electrons. The van der Waals surface area contributed by atoms with Crippen molar-refractivity contribution in [1.82, 2.24) is 0 Å². The van der Waals surface area contributed by atoms with Crippen LogP contribution < -0.4 is 0 Å². The predicted molar refractivity (Wildman–Crippen MR) is 43.9 cm³/mol. The Bertz CT molecular complexity index is 175. The molecule has 0 saturated heterocycles. The molecule has 0 aromatic rings. The van der Waals surface area contributed by atoms with Gasteiger partial charge in [-0.2, -0.15) is 13.2 Å². The minimum atomic E-state index is -4.17. The number of allylic oxidation sites excluding steroid dienone is 4. The molecule has 0 bridgehead atoms. The van der Waals surface area contributed by atoms with Gasteiger partial charge in [-0.15, -0.1) is 0 Å². The maximum atomic E-state index is 12.0. The van der Waals surface area contributed by atoms with E-state index in [1.165, 1.54) is 13.0 Å². The summed E-state index contributed by atoms with van der Waals surface area (Å²) in [6, 6.07) is 0. The van der Waals surface area contributed by atoms with Gasteiger partial charge in [0.15, 0.2) is 0 Å². The fourth-order valence-electron chi connectivity index (χ4n) is 0.733. The van der Waals surface area contributed by atoms with Gasteiger partial charge in [0.2, 0.25) is 0 Å². The van der Waals surface area contributed by atoms with Gasteiger partial charge in [0.25, 0.3) is 0 Å². The fraction of sp³-hybridized carbons (Fsp3) is 0.556. The van der Waals surface area contributed by atoms with Crippen molar-refractivity contribution in [2.75, 3.05) is 0 Å². The molecule has 0 aliphatic carbocycles. The number of hydrogen-bond acceptors (Lipinski definition) is 0. The molecule has 0 spiro atoms. The van der Waals surface area contributed by atoms with Crippen LogP contribution in [0.4, 0.5) is 13.2 Å². The largest absolute Gasteiger partial charge is 0.412 e. The first-order chi connectivity index (χ1) is 5.52. The van der Waals surface area contributed by atoms with Crippen molar-refractivity contribution in [3.8, 4) is 0 Å². The molecule has 0 unspecified atom stereocenters. The molecule has 70 valence electrons. The maximum Gasteiger partial charge on any atom is 0.412 e. The van der Waals surface area contributed by atoms with Crippen LogP contribution in [-0.4, -0.2) is 6.18 Å². The van der Waals surface area contributed by atoms with E-state index in [0.29, 0.717) is 0 Å². The highest BCUT2D eigenvalue weighted by Crippen LogP contribution is 2.27. The van der Waals surface area contributed by atoms with E-state index in [-0.39, 0.29) is 6.42 Å². The van der Waals surface area contributed by atoms with Crippen molar-refractivity contribution in [2.45, 2.75) is 32.9 Å². The number of alkyl halides is 3. The number of rotatable bonds is 3. The maximum absolute atomic E-state index is 12.0. The first-order valence-electron chi connectivity index (χ1n) is 3.95. The Kier molecular flexibility index (Phi) is 4.71. The van der Waals surface area contributed by atoms with Crippen LogP contribution in [0.2, 0.25) is 0 Å². The molecule has 3 heteroatoms. The summed E-state index contributed by atoms with van der Waals surface area (Å²) in [6.07, 6.45) is 0.882. The highest BCUT2D eigenvalue weighted by molar-refractivity contribution is 5.16. The van der Waals surface area contributed by atoms with Crippen molar-refractivity contribution in [2.24, 2.45) is 0 Å². The topological polar surface area (TPSA) is 0 Å². The summed E-state index contributed by atoms with van der Waals surface area (Å²) >= 11 is 0. The molecule has 0 heterocycles. The van der Waals surface area contributed by atoms with Crippen molar-refractivity contribution in [3.05, 3.63) is 23.8 Å². The molecule has 0 aromatic carbocycles. The lowest BCUT2D eigenvalue weighted by molar-refractivity contribution is -0.0935. The van der Waals surface area contributed by atoms with E-state index in [2.05, 4.69) is 0 Å². The zero-order valence-electron chi connectivity index (χ0n) is 7.28. The Balaban J connectivity index is 4.34. The van der Waals surface area contributed by atoms with Gasteiger partial charge >= 0.3 is 6.18 Å². The average molecular weight is 178 g/mol. The Morgan fingerprint density at radius 3 is 2.17 bits per heavy atom. The Morgan fingerprint density at radius 2 is 1.83 bits per heavy atom. The van der Waals surface area contributed by atoms with Crippen LogP contribution in [0, 0.1) is 0 Å². The first-order valence-corrected chi connectivity index (χ1v) is 3.95. The summed E-state index contributed by atoms with van der Waals surface area (Å²) in [6.45, 7) is 3.38. The normalized spacial score (nSPS) is 14.2. The van der Waals surface area contributed by atoms with E-state index in [1.54, 1.807) is 6.08 Å². The van der Waals surface area contributed by atoms with Crippen molar-refractivity contribution < 1.29 is 13.2 Å². The van der Waals surface area contributed by atoms with Crippen molar-refractivity contribution >= 4 is 0 Å². The fourth-order valence-corrected chi connectivity index (χ4v) is 0.733. The first kappa shape index (κ1) is 11.3. The van der Waals surface area contributed by atoms with Crippen LogP contribution in [0.5, 0.6) is 0 Å². The van der Waals surface area contributed by atoms with Crippen LogP contribution in [0.3, 0.4) is 0 Å². The van der Waals surface area contributed by atoms with Crippen molar-refractivity contribution in [3.63, 3.8) is 0 Å². The minimum absolute atomic E-state index is 0.0254. The summed E-state index contributed by atoms with van der Waals surface area (Å²) in [5.41, 5.74) is -0.479. The van der Waals surface area contributed by atoms with Crippen molar-refractivity contribution in [1.29, 1.82) is 0 Å². The van der Waals surface area contributed by atoms with Gasteiger partial charge in [0.1, 0.15) is 0 Å². The quantitative estimate of drug-likeness (QED) is 0.576. The molecule has 0 atom stereocenters. The highest BCUT2D eigenvalue weighted by atomic mass is 19.4. The monoisotopic (exact) mass is 178 g/mol. The molecule has 12 heavy (non-hydrogen) atoms. The van der Waals surface area contributed by atoms with E-state index in [4.69, 9.17) is 0 Å². The van der Waals surface area contributed by atoms with Crippen LogP contribution in [-0.2, 0) is 0 Å². The predicted octanol–water partition coefficient (Wildman–Crippen LogP) is 3.85. The lowest BCUT2D eigenvalue weighted by Gasteiger charge is -2.07. The Morgan fingerprint density at radius 1 is 1.25 bits per heavy atom. The smallest absolute Gasteiger partial charge is 0.166 e. The van der Waals surface area contributed by atoms with Gasteiger partial charge in [-0.05, 0) is 12.8 Å². The summed E-state index contributed by atoms with van der Waals surface area (Å²) in [5, 5.41) is 0. The second-order valence-corrected chi connectivity index (χ2v) is 2.38. The molecular weight excluding hydrogens is 165 g/mol. The van der Waals surface area contributed by atoms with Crippen LogP contribution in [0.15, 0.2) is 23.8 Å². The second kappa shape index (κ2) is 5.01. The third kappa shape index (κ3) is 4.21. The standard InChI is InChI=1S/C9H13F3/c1-3-5-6-7-8(4-2)9(10,11)12/h5-7H,3-4H2,1-2H3/b6-5-,8-7+. The lowest BCUT2D eigenvalue weighted by Crippen LogP contribution is -2.10. The molecule has 0 rings (SSSR count). The van der Waals surface area contributed by atoms with Crippen LogP contribution in [0.1, 0.15) is 26.7 Å². The van der Waals surface area contributed by atoms with Gasteiger partial charge in [0, 0.05) is 5.57 Å². The number of hydrogen-bond donors (Lipinski definition) is 0. The molecule has 0 amide bonds. The summed E-state index contributed by atoms with van der Waals surface area (Å²) in [4.78, 5) is 0. The average Bonchev–Trinajstić information content (AvgIpc) is 1.95. The van der Waals surface area contributed by atoms with Gasteiger partial charge in [0.05, 0.1) is 0 Å². The summed E-state index contributed by atoms with van der Waals surface area (Å²) in [7, 11) is 0. The van der Waals surface area contributed by atoms with Gasteiger partial charge in [-0.25, -0.2) is 0 Å². The van der Waals surface area contributed by atoms with E-state index >= 15 is 0 Å². The Labute approximate surface area is 70.8 Å². The van der Waals surface area contributed by atoms with E-state index in [0.717, 1.165) is 12.5 Å². The molecule has 0 aliphatic rings. The molecule has 0 fully saturated rings. The lowest BCUT2D eigenvalue weighted by atomic mass is 10.2. The summed E-state index contributed by atoms with van der Waals surface area (Å²) in [5.74, 6) is 0. The third-order valence-corrected chi connectivity index (χ3v) is 1.41. The molecule has 0 saturated carbocycles. The number of halogens is 3. The molecule has 0 nitrogen and oxygen atoms in total. The van der Waals surface area contributed by atoms with E-state index < -0.39 is 11.7 Å². The summed E-state index contributed by atoms with van der Waals surface area (Å²) < 4.78 is 36.1. The van der Waals surface area contributed by atoms with Gasteiger partial charge < -0.3 is 0 Å². The SMILES string of the molecule is CC/C=C\C=C(/CC)C(F)(F)F. The molecular formula is C9H13F3. The molecule has 0 aliphatic heterocycles. The van der Waals surface area contributed by atoms with E-state index in [9.17, 15) is 13.2 Å². The molecule has 0 aromatic heterocycles. The Hall–Kier alpha value is -0.730. The zero-order chi connectivity index (χ0) is 9.61. The molecule has 0 N–H and O–H groups in total. The van der Waals surface area contributed by atoms with Gasteiger partial charge in [-0.1, -0.05) is 32.1 Å². The van der Waals surface area contributed by atoms with E-state index in [1.807, 2.05) is 6.92 Å². The highest BCUT2D eigenvalue weighted by Gasteiger charge is 2.31. The second-order valence-electron chi connectivity index (χ2n) is 2.38. The van der Waals surface area contributed by atoms with Crippen LogP contribution >= 0.6 is 0 Å².